The normalized spacial score (nSPS) is 8.83. The van der Waals surface area contributed by atoms with Crippen LogP contribution < -0.4 is 0 Å². The number of H-pyrrole nitrogens is 1. The van der Waals surface area contributed by atoms with Crippen LogP contribution in [0.4, 0.5) is 0 Å². The van der Waals surface area contributed by atoms with E-state index in [1.807, 2.05) is 101 Å². The molecular formula is C25H38N16O. The van der Waals surface area contributed by atoms with Gasteiger partial charge in [0.15, 0.2) is 0 Å². The molecule has 7 rings (SSSR count). The molecule has 0 radical (unpaired) electrons. The van der Waals surface area contributed by atoms with E-state index in [2.05, 4.69) is 60.4 Å². The monoisotopic (exact) mass is 578 g/mol. The number of aromatic amines is 1. The lowest BCUT2D eigenvalue weighted by molar-refractivity contribution is 0.393. The van der Waals surface area contributed by atoms with Crippen molar-refractivity contribution in [1.82, 2.24) is 79.0 Å². The maximum atomic E-state index is 4.35. The lowest BCUT2D eigenvalue weighted by Crippen LogP contribution is -1.83. The molecule has 0 amide bonds. The Morgan fingerprint density at radius 2 is 1.40 bits per heavy atom. The minimum Gasteiger partial charge on any atom is -0.357 e. The van der Waals surface area contributed by atoms with Crippen LogP contribution in [0.3, 0.4) is 0 Å². The Morgan fingerprint density at radius 1 is 0.667 bits per heavy atom. The number of aromatic nitrogens is 16. The number of nitrogens with zero attached hydrogens (tertiary/aromatic N) is 15. The van der Waals surface area contributed by atoms with E-state index in [1.165, 1.54) is 18.9 Å². The first-order chi connectivity index (χ1) is 20.3. The van der Waals surface area contributed by atoms with Crippen LogP contribution in [-0.4, -0.2) is 79.0 Å². The topological polar surface area (TPSA) is 182 Å². The smallest absolute Gasteiger partial charge is 0.147 e. The van der Waals surface area contributed by atoms with Crippen LogP contribution in [0.1, 0.15) is 11.5 Å². The molecule has 17 nitrogen and oxygen atoms in total. The van der Waals surface area contributed by atoms with Crippen molar-refractivity contribution < 1.29 is 4.52 Å². The highest BCUT2D eigenvalue weighted by Gasteiger charge is 1.80. The number of nitrogens with one attached hydrogen (secondary N) is 1. The van der Waals surface area contributed by atoms with Gasteiger partial charge in [-0.05, 0) is 32.0 Å². The summed E-state index contributed by atoms with van der Waals surface area (Å²) in [6.07, 6.45) is 22.4. The summed E-state index contributed by atoms with van der Waals surface area (Å²) >= 11 is 0. The van der Waals surface area contributed by atoms with Gasteiger partial charge in [-0.3, -0.25) is 14.5 Å². The van der Waals surface area contributed by atoms with Gasteiger partial charge < -0.3 is 18.2 Å². The summed E-state index contributed by atoms with van der Waals surface area (Å²) in [4.78, 5) is 11.2. The predicted octanol–water partition coefficient (Wildman–Crippen LogP) is 1.99. The van der Waals surface area contributed by atoms with Crippen LogP contribution in [-0.2, 0) is 35.2 Å². The summed E-state index contributed by atoms with van der Waals surface area (Å²) in [5, 5.41) is 27.5. The molecule has 7 aromatic rings. The summed E-state index contributed by atoms with van der Waals surface area (Å²) < 4.78 is 13.4. The fraction of sp³-hybridized carbons (Fsp3) is 0.280. The molecule has 7 heterocycles. The second-order valence-electron chi connectivity index (χ2n) is 8.07. The van der Waals surface area contributed by atoms with Crippen LogP contribution in [0, 0.1) is 13.8 Å². The number of imidazole rings is 1. The predicted molar refractivity (Wildman–Crippen MR) is 154 cm³/mol. The fourth-order valence-corrected chi connectivity index (χ4v) is 2.09. The molecule has 0 bridgehead atoms. The van der Waals surface area contributed by atoms with Gasteiger partial charge in [-0.2, -0.15) is 15.3 Å². The molecule has 0 aliphatic carbocycles. The van der Waals surface area contributed by atoms with Crippen LogP contribution >= 0.6 is 0 Å². The molecule has 224 valence electrons. The summed E-state index contributed by atoms with van der Waals surface area (Å²) in [7, 11) is 9.53. The second-order valence-corrected chi connectivity index (χ2v) is 8.07. The highest BCUT2D eigenvalue weighted by molar-refractivity contribution is 4.88. The third-order valence-corrected chi connectivity index (χ3v) is 4.10. The maximum Gasteiger partial charge on any atom is 0.147 e. The van der Waals surface area contributed by atoms with Crippen LogP contribution in [0.15, 0.2) is 104 Å². The molecule has 0 spiro atoms. The van der Waals surface area contributed by atoms with Crippen molar-refractivity contribution in [2.45, 2.75) is 13.8 Å². The van der Waals surface area contributed by atoms with Crippen molar-refractivity contribution in [2.24, 2.45) is 35.2 Å². The van der Waals surface area contributed by atoms with Gasteiger partial charge in [-0.15, -0.1) is 15.3 Å². The molecule has 1 N–H and O–H groups in total. The van der Waals surface area contributed by atoms with Gasteiger partial charge in [-0.1, -0.05) is 0 Å². The summed E-state index contributed by atoms with van der Waals surface area (Å²) in [5.41, 5.74) is 0.815. The molecule has 0 unspecified atom stereocenters. The lowest BCUT2D eigenvalue weighted by atomic mass is 10.6. The number of rotatable bonds is 0. The maximum absolute atomic E-state index is 4.35. The van der Waals surface area contributed by atoms with E-state index >= 15 is 0 Å². The summed E-state index contributed by atoms with van der Waals surface area (Å²) in [6.45, 7) is 3.67. The van der Waals surface area contributed by atoms with Gasteiger partial charge >= 0.3 is 0 Å². The van der Waals surface area contributed by atoms with Crippen molar-refractivity contribution in [1.29, 1.82) is 0 Å². The quantitative estimate of drug-likeness (QED) is 0.278. The van der Waals surface area contributed by atoms with Crippen molar-refractivity contribution >= 4 is 0 Å². The van der Waals surface area contributed by atoms with Gasteiger partial charge in [0.25, 0.3) is 0 Å². The molecule has 0 aliphatic heterocycles. The molecular weight excluding hydrogens is 540 g/mol. The average Bonchev–Trinajstić information content (AvgIpc) is 3.79. The highest BCUT2D eigenvalue weighted by Crippen LogP contribution is 1.82. The highest BCUT2D eigenvalue weighted by atomic mass is 16.5. The van der Waals surface area contributed by atoms with Gasteiger partial charge in [0.05, 0.1) is 6.33 Å². The van der Waals surface area contributed by atoms with E-state index in [9.17, 15) is 0 Å². The first-order valence-electron chi connectivity index (χ1n) is 12.3. The number of hydrogen-bond acceptors (Lipinski definition) is 11. The molecule has 17 heteroatoms. The van der Waals surface area contributed by atoms with E-state index in [-0.39, 0.29) is 0 Å². The van der Waals surface area contributed by atoms with Gasteiger partial charge in [0.1, 0.15) is 49.4 Å². The Hall–Kier alpha value is -5.74. The lowest BCUT2D eigenvalue weighted by Gasteiger charge is -1.79. The Morgan fingerprint density at radius 3 is 1.57 bits per heavy atom. The third-order valence-electron chi connectivity index (χ3n) is 4.10. The minimum absolute atomic E-state index is 0.815. The SMILES string of the molecule is Cc1conn1.Cc1ncn[nH]1.Cn1cccc1.Cn1cccn1.Cn1ccnc1.Cn1cncn1.Cn1cnnc1. The fourth-order valence-electron chi connectivity index (χ4n) is 2.09. The summed E-state index contributed by atoms with van der Waals surface area (Å²) in [5.74, 6) is 0.856. The zero-order chi connectivity index (χ0) is 30.8. The van der Waals surface area contributed by atoms with Crippen molar-refractivity contribution in [3.8, 4) is 0 Å². The van der Waals surface area contributed by atoms with E-state index in [0.29, 0.717) is 0 Å². The molecule has 0 atom stereocenters. The van der Waals surface area contributed by atoms with Crippen LogP contribution in [0.2, 0.25) is 0 Å². The van der Waals surface area contributed by atoms with Crippen LogP contribution in [0.25, 0.3) is 0 Å². The van der Waals surface area contributed by atoms with Gasteiger partial charge in [-0.25, -0.2) is 15.0 Å². The molecule has 0 fully saturated rings. The standard InChI is InChI=1S/C5H7N.2C4H6N2.3C3H5N3.C3H4N2O/c1-6-4-2-3-5-6;1-6-3-2-5-4-6;1-6-4-2-3-5-6;1-6-2-4-5-3-6;1-6-3-4-2-5-6;1-3-4-2-5-6-3;1-3-2-6-5-4-3/h2-5H,1H3;2*2-4H,1H3;2*2-3H,1H3;2H,1H3,(H,4,5,6);2H,1H3. The first kappa shape index (κ1) is 34.3. The number of aryl methyl sites for hydroxylation is 7. The molecule has 0 aromatic carbocycles. The summed E-state index contributed by atoms with van der Waals surface area (Å²) in [6, 6.07) is 5.89. The zero-order valence-electron chi connectivity index (χ0n) is 24.9. The molecule has 7 aromatic heterocycles. The van der Waals surface area contributed by atoms with Crippen molar-refractivity contribution in [3.05, 3.63) is 111 Å². The Labute approximate surface area is 243 Å². The Bertz CT molecular complexity index is 1090. The number of hydrogen-bond donors (Lipinski definition) is 1. The van der Waals surface area contributed by atoms with E-state index in [0.717, 1.165) is 11.5 Å². The molecule has 0 saturated heterocycles. The Kier molecular flexibility index (Phi) is 18.1. The van der Waals surface area contributed by atoms with E-state index < -0.39 is 0 Å². The van der Waals surface area contributed by atoms with Crippen molar-refractivity contribution in [3.63, 3.8) is 0 Å². The molecule has 0 saturated carbocycles. The average molecular weight is 579 g/mol. The first-order valence-corrected chi connectivity index (χ1v) is 12.3. The Balaban J connectivity index is 0.000000245. The third kappa shape index (κ3) is 20.3. The van der Waals surface area contributed by atoms with Crippen LogP contribution in [0.5, 0.6) is 0 Å². The van der Waals surface area contributed by atoms with Gasteiger partial charge in [0, 0.05) is 77.7 Å². The zero-order valence-corrected chi connectivity index (χ0v) is 24.9. The second kappa shape index (κ2) is 22.1. The van der Waals surface area contributed by atoms with Gasteiger partial charge in [0.2, 0.25) is 0 Å². The molecule has 42 heavy (non-hydrogen) atoms. The van der Waals surface area contributed by atoms with E-state index in [1.54, 1.807) is 51.6 Å². The van der Waals surface area contributed by atoms with E-state index in [4.69, 9.17) is 0 Å². The molecule has 0 aliphatic rings. The minimum atomic E-state index is 0.815. The largest absolute Gasteiger partial charge is 0.357 e. The van der Waals surface area contributed by atoms with Crippen molar-refractivity contribution in [2.75, 3.05) is 0 Å².